The molecule has 6 heteroatoms. The monoisotopic (exact) mass is 251 g/mol. The van der Waals surface area contributed by atoms with Gasteiger partial charge < -0.3 is 15.4 Å². The summed E-state index contributed by atoms with van der Waals surface area (Å²) in [4.78, 5) is 27.1. The van der Waals surface area contributed by atoms with Crippen LogP contribution in [-0.2, 0) is 14.3 Å². The number of rotatable bonds is 4. The predicted octanol–water partition coefficient (Wildman–Crippen LogP) is 0.480. The number of nitrogens with zero attached hydrogens (tertiary/aromatic N) is 1. The average molecular weight is 251 g/mol. The van der Waals surface area contributed by atoms with E-state index >= 15 is 0 Å². The normalized spacial score (nSPS) is 11.7. The van der Waals surface area contributed by atoms with Crippen LogP contribution in [-0.4, -0.2) is 36.6 Å². The summed E-state index contributed by atoms with van der Waals surface area (Å²) < 4.78 is 4.86. The predicted molar refractivity (Wildman–Crippen MR) is 67.1 cm³/mol. The third-order valence-electron chi connectivity index (χ3n) is 2.13. The van der Waals surface area contributed by atoms with Crippen LogP contribution in [0.25, 0.3) is 0 Å². The summed E-state index contributed by atoms with van der Waals surface area (Å²) >= 11 is 0. The molecule has 1 heterocycles. The Bertz CT molecular complexity index is 434. The Hall–Kier alpha value is -1.95. The SMILES string of the molecule is COC[C@@H](C)NC(=O)C(=O)Nc1cccc(C)n1. The first kappa shape index (κ1) is 14.1. The number of ether oxygens (including phenoxy) is 1. The van der Waals surface area contributed by atoms with Gasteiger partial charge in [-0.25, -0.2) is 4.98 Å². The molecule has 0 saturated heterocycles. The highest BCUT2D eigenvalue weighted by Crippen LogP contribution is 2.03. The molecular formula is C12H17N3O3. The number of hydrogen-bond acceptors (Lipinski definition) is 4. The summed E-state index contributed by atoms with van der Waals surface area (Å²) in [5, 5.41) is 4.94. The van der Waals surface area contributed by atoms with Crippen LogP contribution in [0.4, 0.5) is 5.82 Å². The highest BCUT2D eigenvalue weighted by molar-refractivity contribution is 6.39. The maximum atomic E-state index is 11.6. The smallest absolute Gasteiger partial charge is 0.314 e. The van der Waals surface area contributed by atoms with Gasteiger partial charge in [0, 0.05) is 18.8 Å². The third kappa shape index (κ3) is 4.50. The zero-order chi connectivity index (χ0) is 13.5. The fraction of sp³-hybridized carbons (Fsp3) is 0.417. The number of pyridine rings is 1. The number of hydrogen-bond donors (Lipinski definition) is 2. The maximum absolute atomic E-state index is 11.6. The van der Waals surface area contributed by atoms with Gasteiger partial charge in [0.2, 0.25) is 0 Å². The molecule has 0 unspecified atom stereocenters. The van der Waals surface area contributed by atoms with Crippen molar-refractivity contribution in [2.45, 2.75) is 19.9 Å². The fourth-order valence-electron chi connectivity index (χ4n) is 1.37. The molecule has 1 rings (SSSR count). The molecular weight excluding hydrogens is 234 g/mol. The van der Waals surface area contributed by atoms with E-state index in [9.17, 15) is 9.59 Å². The Morgan fingerprint density at radius 1 is 1.39 bits per heavy atom. The van der Waals surface area contributed by atoms with Crippen molar-refractivity contribution in [3.8, 4) is 0 Å². The van der Waals surface area contributed by atoms with Crippen molar-refractivity contribution in [1.29, 1.82) is 0 Å². The number of aryl methyl sites for hydroxylation is 1. The Morgan fingerprint density at radius 3 is 2.72 bits per heavy atom. The summed E-state index contributed by atoms with van der Waals surface area (Å²) in [6.07, 6.45) is 0. The highest BCUT2D eigenvalue weighted by atomic mass is 16.5. The first-order valence-corrected chi connectivity index (χ1v) is 5.57. The zero-order valence-corrected chi connectivity index (χ0v) is 10.7. The van der Waals surface area contributed by atoms with Gasteiger partial charge in [0.05, 0.1) is 6.61 Å². The Labute approximate surface area is 106 Å². The summed E-state index contributed by atoms with van der Waals surface area (Å²) in [5.41, 5.74) is 0.765. The van der Waals surface area contributed by atoms with Gasteiger partial charge in [0.15, 0.2) is 0 Å². The van der Waals surface area contributed by atoms with E-state index in [2.05, 4.69) is 15.6 Å². The molecule has 0 aliphatic rings. The van der Waals surface area contributed by atoms with Gasteiger partial charge >= 0.3 is 11.8 Å². The van der Waals surface area contributed by atoms with Crippen LogP contribution in [0.1, 0.15) is 12.6 Å². The van der Waals surface area contributed by atoms with E-state index in [1.807, 2.05) is 0 Å². The number of aromatic nitrogens is 1. The second-order valence-electron chi connectivity index (χ2n) is 3.95. The Kier molecular flexibility index (Phi) is 5.26. The van der Waals surface area contributed by atoms with Crippen LogP contribution in [0, 0.1) is 6.92 Å². The van der Waals surface area contributed by atoms with Gasteiger partial charge in [-0.15, -0.1) is 0 Å². The number of amides is 2. The van der Waals surface area contributed by atoms with E-state index in [0.29, 0.717) is 12.4 Å². The minimum atomic E-state index is -0.740. The number of nitrogens with one attached hydrogen (secondary N) is 2. The first-order valence-electron chi connectivity index (χ1n) is 5.57. The molecule has 2 N–H and O–H groups in total. The van der Waals surface area contributed by atoms with Gasteiger partial charge in [-0.1, -0.05) is 6.07 Å². The minimum Gasteiger partial charge on any atom is -0.383 e. The lowest BCUT2D eigenvalue weighted by Crippen LogP contribution is -2.42. The van der Waals surface area contributed by atoms with Gasteiger partial charge in [-0.05, 0) is 26.0 Å². The number of carbonyl (C=O) groups excluding carboxylic acids is 2. The lowest BCUT2D eigenvalue weighted by atomic mass is 10.3. The molecule has 6 nitrogen and oxygen atoms in total. The molecule has 98 valence electrons. The van der Waals surface area contributed by atoms with Crippen molar-refractivity contribution in [1.82, 2.24) is 10.3 Å². The summed E-state index contributed by atoms with van der Waals surface area (Å²) in [7, 11) is 1.53. The van der Waals surface area contributed by atoms with Crippen molar-refractivity contribution in [2.75, 3.05) is 19.0 Å². The molecule has 0 fully saturated rings. The van der Waals surface area contributed by atoms with Gasteiger partial charge in [0.25, 0.3) is 0 Å². The van der Waals surface area contributed by atoms with Gasteiger partial charge in [-0.2, -0.15) is 0 Å². The van der Waals surface area contributed by atoms with Crippen LogP contribution in [0.3, 0.4) is 0 Å². The van der Waals surface area contributed by atoms with Crippen molar-refractivity contribution < 1.29 is 14.3 Å². The molecule has 0 aliphatic heterocycles. The second kappa shape index (κ2) is 6.70. The van der Waals surface area contributed by atoms with Gasteiger partial charge in [0.1, 0.15) is 5.82 Å². The van der Waals surface area contributed by atoms with E-state index in [0.717, 1.165) is 5.69 Å². The standard InChI is InChI=1S/C12H17N3O3/c1-8-5-4-6-10(13-8)15-12(17)11(16)14-9(2)7-18-3/h4-6,9H,7H2,1-3H3,(H,14,16)(H,13,15,17)/t9-/m1/s1. The molecule has 1 aromatic heterocycles. The molecule has 0 aliphatic carbocycles. The second-order valence-corrected chi connectivity index (χ2v) is 3.95. The van der Waals surface area contributed by atoms with Gasteiger partial charge in [-0.3, -0.25) is 9.59 Å². The Balaban J connectivity index is 2.52. The first-order chi connectivity index (χ1) is 8.52. The molecule has 0 spiro atoms. The summed E-state index contributed by atoms with van der Waals surface area (Å²) in [5.74, 6) is -1.09. The largest absolute Gasteiger partial charge is 0.383 e. The van der Waals surface area contributed by atoms with Crippen molar-refractivity contribution >= 4 is 17.6 Å². The molecule has 0 radical (unpaired) electrons. The number of methoxy groups -OCH3 is 1. The van der Waals surface area contributed by atoms with Crippen LogP contribution >= 0.6 is 0 Å². The van der Waals surface area contributed by atoms with Crippen molar-refractivity contribution in [3.05, 3.63) is 23.9 Å². The molecule has 0 aromatic carbocycles. The third-order valence-corrected chi connectivity index (χ3v) is 2.13. The number of anilines is 1. The molecule has 0 bridgehead atoms. The maximum Gasteiger partial charge on any atom is 0.314 e. The summed E-state index contributed by atoms with van der Waals surface area (Å²) in [6, 6.07) is 4.95. The van der Waals surface area contributed by atoms with Crippen LogP contribution in [0.5, 0.6) is 0 Å². The molecule has 2 amide bonds. The fourth-order valence-corrected chi connectivity index (χ4v) is 1.37. The summed E-state index contributed by atoms with van der Waals surface area (Å²) in [6.45, 7) is 3.90. The van der Waals surface area contributed by atoms with E-state index in [1.54, 1.807) is 32.0 Å². The lowest BCUT2D eigenvalue weighted by Gasteiger charge is -2.12. The Morgan fingerprint density at radius 2 is 2.11 bits per heavy atom. The topological polar surface area (TPSA) is 80.3 Å². The van der Waals surface area contributed by atoms with Crippen LogP contribution in [0.15, 0.2) is 18.2 Å². The highest BCUT2D eigenvalue weighted by Gasteiger charge is 2.16. The van der Waals surface area contributed by atoms with E-state index in [-0.39, 0.29) is 6.04 Å². The van der Waals surface area contributed by atoms with E-state index in [1.165, 1.54) is 7.11 Å². The lowest BCUT2D eigenvalue weighted by molar-refractivity contribution is -0.136. The average Bonchev–Trinajstić information content (AvgIpc) is 2.29. The van der Waals surface area contributed by atoms with Crippen molar-refractivity contribution in [3.63, 3.8) is 0 Å². The van der Waals surface area contributed by atoms with E-state index < -0.39 is 11.8 Å². The molecule has 18 heavy (non-hydrogen) atoms. The quantitative estimate of drug-likeness (QED) is 0.763. The van der Waals surface area contributed by atoms with Crippen LogP contribution < -0.4 is 10.6 Å². The molecule has 0 saturated carbocycles. The van der Waals surface area contributed by atoms with Crippen LogP contribution in [0.2, 0.25) is 0 Å². The zero-order valence-electron chi connectivity index (χ0n) is 10.7. The number of carbonyl (C=O) groups is 2. The molecule has 1 atom stereocenters. The minimum absolute atomic E-state index is 0.223. The van der Waals surface area contributed by atoms with E-state index in [4.69, 9.17) is 4.74 Å². The molecule has 1 aromatic rings. The van der Waals surface area contributed by atoms with Crippen molar-refractivity contribution in [2.24, 2.45) is 0 Å².